The molecule has 1 unspecified atom stereocenters. The molecule has 4 heterocycles. The van der Waals surface area contributed by atoms with E-state index in [1.165, 1.54) is 17.4 Å². The number of methoxy groups -OCH3 is 1. The number of carbonyl (C=O) groups is 1. The molecule has 1 fully saturated rings. The van der Waals surface area contributed by atoms with Crippen LogP contribution in [0.5, 0.6) is 0 Å². The van der Waals surface area contributed by atoms with Gasteiger partial charge in [-0.05, 0) is 36.4 Å². The van der Waals surface area contributed by atoms with E-state index < -0.39 is 5.82 Å². The molecule has 4 rings (SSSR count). The van der Waals surface area contributed by atoms with Gasteiger partial charge in [-0.25, -0.2) is 14.4 Å². The summed E-state index contributed by atoms with van der Waals surface area (Å²) in [5, 5.41) is 5.04. The van der Waals surface area contributed by atoms with Crippen LogP contribution in [0.2, 0.25) is 0 Å². The lowest BCUT2D eigenvalue weighted by atomic mass is 10.1. The van der Waals surface area contributed by atoms with E-state index in [2.05, 4.69) is 20.3 Å². The highest BCUT2D eigenvalue weighted by atomic mass is 32.1. The lowest BCUT2D eigenvalue weighted by Crippen LogP contribution is -2.31. The number of aromatic nitrogens is 3. The van der Waals surface area contributed by atoms with Crippen LogP contribution >= 0.6 is 11.3 Å². The number of nitrogens with zero attached hydrogens (tertiary/aromatic N) is 4. The molecule has 3 aromatic heterocycles. The van der Waals surface area contributed by atoms with E-state index in [4.69, 9.17) is 4.74 Å². The van der Waals surface area contributed by atoms with Crippen LogP contribution in [0.4, 0.5) is 10.3 Å². The Bertz CT molecular complexity index is 1010. The van der Waals surface area contributed by atoms with E-state index in [0.717, 1.165) is 17.3 Å². The van der Waals surface area contributed by atoms with Crippen molar-refractivity contribution in [3.05, 3.63) is 47.0 Å². The molecule has 1 aliphatic rings. The molecule has 2 atom stereocenters. The predicted molar refractivity (Wildman–Crippen MR) is 105 cm³/mol. The lowest BCUT2D eigenvalue weighted by Gasteiger charge is -2.18. The van der Waals surface area contributed by atoms with Crippen molar-refractivity contribution in [2.24, 2.45) is 0 Å². The zero-order chi connectivity index (χ0) is 19.7. The van der Waals surface area contributed by atoms with E-state index >= 15 is 0 Å². The average molecular weight is 401 g/mol. The SMILES string of the molecule is CO[C@H]1CCN(C(=O)c2nc(NC(C)c3cncc(F)c3)nc3ccsc23)C1. The minimum absolute atomic E-state index is 0.0581. The molecule has 1 amide bonds. The normalized spacial score (nSPS) is 17.8. The number of ether oxygens (including phenoxy) is 1. The maximum Gasteiger partial charge on any atom is 0.274 e. The van der Waals surface area contributed by atoms with Crippen LogP contribution in [-0.2, 0) is 4.74 Å². The topological polar surface area (TPSA) is 80.2 Å². The van der Waals surface area contributed by atoms with Crippen LogP contribution in [0.25, 0.3) is 10.2 Å². The Kier molecular flexibility index (Phi) is 5.19. The van der Waals surface area contributed by atoms with Crippen molar-refractivity contribution in [2.45, 2.75) is 25.5 Å². The highest BCUT2D eigenvalue weighted by molar-refractivity contribution is 7.17. The molecule has 0 saturated carbocycles. The van der Waals surface area contributed by atoms with Gasteiger partial charge in [-0.1, -0.05) is 0 Å². The molecule has 1 N–H and O–H groups in total. The molecule has 0 aromatic carbocycles. The fraction of sp³-hybridized carbons (Fsp3) is 0.368. The molecule has 7 nitrogen and oxygen atoms in total. The van der Waals surface area contributed by atoms with E-state index in [1.807, 2.05) is 18.4 Å². The number of halogens is 1. The van der Waals surface area contributed by atoms with Gasteiger partial charge in [-0.15, -0.1) is 11.3 Å². The number of hydrogen-bond acceptors (Lipinski definition) is 7. The molecule has 9 heteroatoms. The first kappa shape index (κ1) is 18.7. The van der Waals surface area contributed by atoms with Gasteiger partial charge in [0.1, 0.15) is 5.82 Å². The van der Waals surface area contributed by atoms with Crippen molar-refractivity contribution in [1.29, 1.82) is 0 Å². The van der Waals surface area contributed by atoms with E-state index in [-0.39, 0.29) is 18.1 Å². The second kappa shape index (κ2) is 7.76. The van der Waals surface area contributed by atoms with Crippen molar-refractivity contribution < 1.29 is 13.9 Å². The molecule has 146 valence electrons. The summed E-state index contributed by atoms with van der Waals surface area (Å²) in [7, 11) is 1.66. The van der Waals surface area contributed by atoms with Gasteiger partial charge in [0.2, 0.25) is 5.95 Å². The first-order valence-electron chi connectivity index (χ1n) is 8.99. The minimum Gasteiger partial charge on any atom is -0.380 e. The average Bonchev–Trinajstić information content (AvgIpc) is 3.36. The van der Waals surface area contributed by atoms with Crippen LogP contribution in [0, 0.1) is 5.82 Å². The van der Waals surface area contributed by atoms with Gasteiger partial charge in [0, 0.05) is 26.4 Å². The van der Waals surface area contributed by atoms with Gasteiger partial charge in [0.25, 0.3) is 5.91 Å². The number of hydrogen-bond donors (Lipinski definition) is 1. The highest BCUT2D eigenvalue weighted by Gasteiger charge is 2.29. The fourth-order valence-electron chi connectivity index (χ4n) is 3.27. The van der Waals surface area contributed by atoms with Crippen LogP contribution < -0.4 is 5.32 Å². The van der Waals surface area contributed by atoms with Gasteiger partial charge in [0.15, 0.2) is 5.69 Å². The standard InChI is InChI=1S/C19H20FN5O2S/c1-11(12-7-13(20)9-21-8-12)22-19-23-15-4-6-28-17(15)16(24-19)18(26)25-5-3-14(10-25)27-2/h4,6-9,11,14H,3,5,10H2,1-2H3,(H,22,23,24)/t11?,14-/m0/s1. The zero-order valence-electron chi connectivity index (χ0n) is 15.6. The Balaban J connectivity index is 1.63. The Labute approximate surface area is 165 Å². The number of amides is 1. The van der Waals surface area contributed by atoms with Crippen LogP contribution in [-0.4, -0.2) is 52.1 Å². The number of nitrogens with one attached hydrogen (secondary N) is 1. The Morgan fingerprint density at radius 2 is 2.29 bits per heavy atom. The molecule has 0 aliphatic carbocycles. The van der Waals surface area contributed by atoms with Gasteiger partial charge < -0.3 is 15.0 Å². The largest absolute Gasteiger partial charge is 0.380 e. The summed E-state index contributed by atoms with van der Waals surface area (Å²) in [4.78, 5) is 27.7. The third kappa shape index (κ3) is 3.67. The van der Waals surface area contributed by atoms with Crippen molar-refractivity contribution >= 4 is 33.4 Å². The van der Waals surface area contributed by atoms with Gasteiger partial charge in [0.05, 0.1) is 28.6 Å². The van der Waals surface area contributed by atoms with Crippen LogP contribution in [0.15, 0.2) is 29.9 Å². The maximum absolute atomic E-state index is 13.5. The monoisotopic (exact) mass is 401 g/mol. The van der Waals surface area contributed by atoms with Crippen molar-refractivity contribution in [1.82, 2.24) is 19.9 Å². The molecule has 0 radical (unpaired) electrons. The molecule has 0 spiro atoms. The fourth-order valence-corrected chi connectivity index (χ4v) is 4.08. The van der Waals surface area contributed by atoms with Crippen LogP contribution in [0.1, 0.15) is 35.4 Å². The van der Waals surface area contributed by atoms with Crippen molar-refractivity contribution in [3.63, 3.8) is 0 Å². The first-order valence-corrected chi connectivity index (χ1v) is 9.87. The third-order valence-corrected chi connectivity index (χ3v) is 5.75. The molecule has 0 bridgehead atoms. The molecular weight excluding hydrogens is 381 g/mol. The number of anilines is 1. The summed E-state index contributed by atoms with van der Waals surface area (Å²) >= 11 is 1.44. The Morgan fingerprint density at radius 1 is 1.43 bits per heavy atom. The zero-order valence-corrected chi connectivity index (χ0v) is 16.4. The number of carbonyl (C=O) groups excluding carboxylic acids is 1. The first-order chi connectivity index (χ1) is 13.5. The summed E-state index contributed by atoms with van der Waals surface area (Å²) in [5.41, 5.74) is 1.76. The smallest absolute Gasteiger partial charge is 0.274 e. The molecule has 28 heavy (non-hydrogen) atoms. The van der Waals surface area contributed by atoms with Crippen molar-refractivity contribution in [3.8, 4) is 0 Å². The summed E-state index contributed by atoms with van der Waals surface area (Å²) in [6, 6.07) is 3.00. The lowest BCUT2D eigenvalue weighted by molar-refractivity contribution is 0.0721. The third-order valence-electron chi connectivity index (χ3n) is 4.84. The van der Waals surface area contributed by atoms with Crippen LogP contribution in [0.3, 0.4) is 0 Å². The van der Waals surface area contributed by atoms with Gasteiger partial charge in [-0.3, -0.25) is 9.78 Å². The minimum atomic E-state index is -0.405. The summed E-state index contributed by atoms with van der Waals surface area (Å²) in [6.45, 7) is 3.06. The molecule has 1 saturated heterocycles. The van der Waals surface area contributed by atoms with E-state index in [1.54, 1.807) is 18.2 Å². The maximum atomic E-state index is 13.5. The Morgan fingerprint density at radius 3 is 3.04 bits per heavy atom. The predicted octanol–water partition coefficient (Wildman–Crippen LogP) is 3.26. The quantitative estimate of drug-likeness (QED) is 0.707. The second-order valence-electron chi connectivity index (χ2n) is 6.73. The molecular formula is C19H20FN5O2S. The van der Waals surface area contributed by atoms with Gasteiger partial charge in [-0.2, -0.15) is 0 Å². The number of pyridine rings is 1. The second-order valence-corrected chi connectivity index (χ2v) is 7.65. The van der Waals surface area contributed by atoms with Gasteiger partial charge >= 0.3 is 0 Å². The summed E-state index contributed by atoms with van der Waals surface area (Å²) in [6.07, 6.45) is 3.62. The highest BCUT2D eigenvalue weighted by Crippen LogP contribution is 2.27. The number of likely N-dealkylation sites (tertiary alicyclic amines) is 1. The summed E-state index contributed by atoms with van der Waals surface area (Å²) in [5.74, 6) is -0.205. The number of rotatable bonds is 5. The number of fused-ring (bicyclic) bond motifs is 1. The molecule has 3 aromatic rings. The van der Waals surface area contributed by atoms with E-state index in [0.29, 0.717) is 35.8 Å². The van der Waals surface area contributed by atoms with Crippen molar-refractivity contribution in [2.75, 3.05) is 25.5 Å². The Hall–Kier alpha value is -2.65. The molecule has 1 aliphatic heterocycles. The van der Waals surface area contributed by atoms with E-state index in [9.17, 15) is 9.18 Å². The summed E-state index contributed by atoms with van der Waals surface area (Å²) < 4.78 is 19.6. The number of thiophene rings is 1.